The smallest absolute Gasteiger partial charge is 0.243 e. The lowest BCUT2D eigenvalue weighted by Crippen LogP contribution is -2.28. The maximum atomic E-state index is 12.7. The maximum Gasteiger partial charge on any atom is 0.243 e. The SMILES string of the molecule is COc1ccc(C2CCN(S(=O)(=O)c3ccc(Br)cc3)C2)cc1. The molecule has 0 radical (unpaired) electrons. The van der Waals surface area contributed by atoms with E-state index in [1.807, 2.05) is 24.3 Å². The summed E-state index contributed by atoms with van der Waals surface area (Å²) >= 11 is 3.33. The molecule has 0 saturated carbocycles. The summed E-state index contributed by atoms with van der Waals surface area (Å²) < 4.78 is 33.0. The molecule has 0 amide bonds. The molecule has 1 unspecified atom stereocenters. The van der Waals surface area contributed by atoms with Gasteiger partial charge in [-0.05, 0) is 54.3 Å². The molecule has 0 aliphatic carbocycles. The minimum Gasteiger partial charge on any atom is -0.497 e. The van der Waals surface area contributed by atoms with Gasteiger partial charge in [-0.3, -0.25) is 0 Å². The molecule has 1 aliphatic heterocycles. The van der Waals surface area contributed by atoms with E-state index in [1.54, 1.807) is 35.7 Å². The lowest BCUT2D eigenvalue weighted by Gasteiger charge is -2.17. The zero-order chi connectivity index (χ0) is 16.4. The standard InChI is InChI=1S/C17H18BrNO3S/c1-22-16-6-2-13(3-7-16)14-10-11-19(12-14)23(20,21)17-8-4-15(18)5-9-17/h2-9,14H,10-12H2,1H3. The van der Waals surface area contributed by atoms with E-state index in [9.17, 15) is 8.42 Å². The van der Waals surface area contributed by atoms with Crippen molar-refractivity contribution in [3.05, 3.63) is 58.6 Å². The van der Waals surface area contributed by atoms with E-state index in [-0.39, 0.29) is 5.92 Å². The topological polar surface area (TPSA) is 46.6 Å². The highest BCUT2D eigenvalue weighted by molar-refractivity contribution is 9.10. The van der Waals surface area contributed by atoms with E-state index in [2.05, 4.69) is 15.9 Å². The predicted octanol–water partition coefficient (Wildman–Crippen LogP) is 3.64. The molecule has 0 spiro atoms. The van der Waals surface area contributed by atoms with Gasteiger partial charge in [-0.2, -0.15) is 4.31 Å². The van der Waals surface area contributed by atoms with E-state index in [1.165, 1.54) is 0 Å². The summed E-state index contributed by atoms with van der Waals surface area (Å²) in [5.74, 6) is 1.04. The highest BCUT2D eigenvalue weighted by atomic mass is 79.9. The fraction of sp³-hybridized carbons (Fsp3) is 0.294. The molecule has 2 aromatic rings. The van der Waals surface area contributed by atoms with Crippen LogP contribution in [0.2, 0.25) is 0 Å². The molecule has 122 valence electrons. The second-order valence-electron chi connectivity index (χ2n) is 5.58. The second kappa shape index (κ2) is 6.63. The Labute approximate surface area is 145 Å². The van der Waals surface area contributed by atoms with Crippen LogP contribution in [-0.4, -0.2) is 32.9 Å². The summed E-state index contributed by atoms with van der Waals surface area (Å²) in [6.45, 7) is 1.07. The lowest BCUT2D eigenvalue weighted by molar-refractivity contribution is 0.414. The second-order valence-corrected chi connectivity index (χ2v) is 8.43. The van der Waals surface area contributed by atoms with Crippen molar-refractivity contribution < 1.29 is 13.2 Å². The van der Waals surface area contributed by atoms with Crippen molar-refractivity contribution in [1.29, 1.82) is 0 Å². The lowest BCUT2D eigenvalue weighted by atomic mass is 9.99. The third-order valence-corrected chi connectivity index (χ3v) is 6.60. The van der Waals surface area contributed by atoms with E-state index >= 15 is 0 Å². The van der Waals surface area contributed by atoms with Crippen LogP contribution in [0.4, 0.5) is 0 Å². The molecule has 23 heavy (non-hydrogen) atoms. The Hall–Kier alpha value is -1.37. The molecule has 1 fully saturated rings. The quantitative estimate of drug-likeness (QED) is 0.793. The normalized spacial score (nSPS) is 19.0. The van der Waals surface area contributed by atoms with Crippen LogP contribution in [0.3, 0.4) is 0 Å². The van der Waals surface area contributed by atoms with Crippen molar-refractivity contribution in [3.8, 4) is 5.75 Å². The Morgan fingerprint density at radius 2 is 1.74 bits per heavy atom. The van der Waals surface area contributed by atoms with Gasteiger partial charge in [-0.15, -0.1) is 0 Å². The summed E-state index contributed by atoms with van der Waals surface area (Å²) in [6.07, 6.45) is 0.835. The molecule has 1 aliphatic rings. The first-order valence-corrected chi connectivity index (χ1v) is 9.63. The zero-order valence-electron chi connectivity index (χ0n) is 12.8. The molecule has 3 rings (SSSR count). The van der Waals surface area contributed by atoms with Crippen molar-refractivity contribution in [3.63, 3.8) is 0 Å². The molecule has 4 nitrogen and oxygen atoms in total. The number of ether oxygens (including phenoxy) is 1. The minimum atomic E-state index is -3.42. The number of halogens is 1. The van der Waals surface area contributed by atoms with Crippen LogP contribution < -0.4 is 4.74 Å². The van der Waals surface area contributed by atoms with Crippen LogP contribution >= 0.6 is 15.9 Å². The Balaban J connectivity index is 1.77. The van der Waals surface area contributed by atoms with Crippen LogP contribution in [0.15, 0.2) is 57.9 Å². The summed E-state index contributed by atoms with van der Waals surface area (Å²) in [6, 6.07) is 14.6. The molecule has 0 aromatic heterocycles. The third-order valence-electron chi connectivity index (χ3n) is 4.19. The van der Waals surface area contributed by atoms with Gasteiger partial charge in [0.2, 0.25) is 10.0 Å². The van der Waals surface area contributed by atoms with Gasteiger partial charge in [0.25, 0.3) is 0 Å². The average Bonchev–Trinajstić information content (AvgIpc) is 3.06. The first-order chi connectivity index (χ1) is 11.0. The van der Waals surface area contributed by atoms with Crippen LogP contribution in [0, 0.1) is 0 Å². The van der Waals surface area contributed by atoms with Crippen molar-refractivity contribution >= 4 is 26.0 Å². The Morgan fingerprint density at radius 1 is 1.09 bits per heavy atom. The zero-order valence-corrected chi connectivity index (χ0v) is 15.2. The van der Waals surface area contributed by atoms with Crippen LogP contribution in [0.25, 0.3) is 0 Å². The number of rotatable bonds is 4. The van der Waals surface area contributed by atoms with Gasteiger partial charge >= 0.3 is 0 Å². The number of hydrogen-bond donors (Lipinski definition) is 0. The summed E-state index contributed by atoms with van der Waals surface area (Å²) in [5, 5.41) is 0. The number of hydrogen-bond acceptors (Lipinski definition) is 3. The summed E-state index contributed by atoms with van der Waals surface area (Å²) in [4.78, 5) is 0.344. The summed E-state index contributed by atoms with van der Waals surface area (Å²) in [5.41, 5.74) is 1.15. The van der Waals surface area contributed by atoms with E-state index in [0.717, 1.165) is 22.2 Å². The van der Waals surface area contributed by atoms with Crippen LogP contribution in [-0.2, 0) is 10.0 Å². The Kier molecular flexibility index (Phi) is 4.75. The van der Waals surface area contributed by atoms with Gasteiger partial charge in [0.05, 0.1) is 12.0 Å². The molecule has 6 heteroatoms. The van der Waals surface area contributed by atoms with Gasteiger partial charge in [0.15, 0.2) is 0 Å². The number of nitrogens with zero attached hydrogens (tertiary/aromatic N) is 1. The molecule has 0 N–H and O–H groups in total. The molecule has 2 aromatic carbocycles. The minimum absolute atomic E-state index is 0.228. The van der Waals surface area contributed by atoms with Gasteiger partial charge in [0, 0.05) is 17.6 Å². The Morgan fingerprint density at radius 3 is 2.35 bits per heavy atom. The first kappa shape index (κ1) is 16.5. The monoisotopic (exact) mass is 395 g/mol. The third kappa shape index (κ3) is 3.44. The molecular formula is C17H18BrNO3S. The van der Waals surface area contributed by atoms with Gasteiger partial charge in [0.1, 0.15) is 5.75 Å². The van der Waals surface area contributed by atoms with Crippen molar-refractivity contribution in [2.75, 3.05) is 20.2 Å². The van der Waals surface area contributed by atoms with Gasteiger partial charge in [-0.1, -0.05) is 28.1 Å². The van der Waals surface area contributed by atoms with E-state index in [4.69, 9.17) is 4.74 Å². The molecule has 1 atom stereocenters. The maximum absolute atomic E-state index is 12.7. The predicted molar refractivity (Wildman–Crippen MR) is 93.3 cm³/mol. The number of sulfonamides is 1. The van der Waals surface area contributed by atoms with Crippen LogP contribution in [0.1, 0.15) is 17.9 Å². The van der Waals surface area contributed by atoms with Crippen LogP contribution in [0.5, 0.6) is 5.75 Å². The Bertz CT molecular complexity index is 772. The highest BCUT2D eigenvalue weighted by Gasteiger charge is 2.33. The molecule has 0 bridgehead atoms. The van der Waals surface area contributed by atoms with Crippen molar-refractivity contribution in [2.24, 2.45) is 0 Å². The molecule has 1 heterocycles. The largest absolute Gasteiger partial charge is 0.497 e. The van der Waals surface area contributed by atoms with E-state index in [0.29, 0.717) is 18.0 Å². The number of methoxy groups -OCH3 is 1. The summed E-state index contributed by atoms with van der Waals surface area (Å²) in [7, 11) is -1.79. The fourth-order valence-corrected chi connectivity index (χ4v) is 4.61. The first-order valence-electron chi connectivity index (χ1n) is 7.40. The van der Waals surface area contributed by atoms with E-state index < -0.39 is 10.0 Å². The molecule has 1 saturated heterocycles. The average molecular weight is 396 g/mol. The fourth-order valence-electron chi connectivity index (χ4n) is 2.85. The van der Waals surface area contributed by atoms with Gasteiger partial charge in [-0.25, -0.2) is 8.42 Å². The highest BCUT2D eigenvalue weighted by Crippen LogP contribution is 2.32. The molecular weight excluding hydrogens is 378 g/mol. The van der Waals surface area contributed by atoms with Crippen molar-refractivity contribution in [1.82, 2.24) is 4.31 Å². The number of benzene rings is 2. The van der Waals surface area contributed by atoms with Gasteiger partial charge < -0.3 is 4.74 Å². The van der Waals surface area contributed by atoms with Crippen molar-refractivity contribution in [2.45, 2.75) is 17.2 Å².